The van der Waals surface area contributed by atoms with Crippen molar-refractivity contribution in [2.75, 3.05) is 13.6 Å². The fraction of sp³-hybridized carbons (Fsp3) is 0.227. The van der Waals surface area contributed by atoms with E-state index < -0.39 is 0 Å². The van der Waals surface area contributed by atoms with Crippen molar-refractivity contribution in [3.05, 3.63) is 59.6 Å². The van der Waals surface area contributed by atoms with E-state index in [2.05, 4.69) is 42.2 Å². The highest BCUT2D eigenvalue weighted by Crippen LogP contribution is 2.33. The lowest BCUT2D eigenvalue weighted by Crippen LogP contribution is -2.29. The second kappa shape index (κ2) is 7.56. The predicted molar refractivity (Wildman–Crippen MR) is 112 cm³/mol. The summed E-state index contributed by atoms with van der Waals surface area (Å²) < 4.78 is 5.56. The number of aromatic nitrogens is 2. The molecule has 2 heterocycles. The molecule has 0 saturated carbocycles. The number of hydrogen-bond acceptors (Lipinski definition) is 5. The molecule has 6 heteroatoms. The molecular formula is C22H21N3O2S. The number of amides is 1. The van der Waals surface area contributed by atoms with Crippen LogP contribution in [0, 0.1) is 5.92 Å². The van der Waals surface area contributed by atoms with E-state index in [1.54, 1.807) is 11.1 Å². The van der Waals surface area contributed by atoms with Crippen LogP contribution in [0.1, 0.15) is 23.5 Å². The van der Waals surface area contributed by atoms with Gasteiger partial charge in [-0.3, -0.25) is 4.79 Å². The summed E-state index contributed by atoms with van der Waals surface area (Å²) in [5.74, 6) is 0.399. The summed E-state index contributed by atoms with van der Waals surface area (Å²) in [5.41, 5.74) is 3.57. The smallest absolute Gasteiger partial charge is 0.265 e. The van der Waals surface area contributed by atoms with Crippen LogP contribution in [0.4, 0.5) is 0 Å². The van der Waals surface area contributed by atoms with E-state index in [9.17, 15) is 4.79 Å². The van der Waals surface area contributed by atoms with Crippen LogP contribution in [-0.4, -0.2) is 34.5 Å². The molecule has 1 amide bonds. The van der Waals surface area contributed by atoms with Crippen LogP contribution in [0.25, 0.3) is 32.8 Å². The maximum Gasteiger partial charge on any atom is 0.265 e. The van der Waals surface area contributed by atoms with Crippen molar-refractivity contribution in [3.8, 4) is 21.8 Å². The molecule has 28 heavy (non-hydrogen) atoms. The number of carbonyl (C=O) groups excluding carboxylic acids is 1. The normalized spacial score (nSPS) is 11.3. The van der Waals surface area contributed by atoms with Crippen molar-refractivity contribution >= 4 is 28.2 Å². The Hall–Kier alpha value is -2.99. The molecule has 0 radical (unpaired) electrons. The van der Waals surface area contributed by atoms with Crippen molar-refractivity contribution < 1.29 is 9.32 Å². The molecule has 0 saturated heterocycles. The fourth-order valence-corrected chi connectivity index (χ4v) is 4.11. The second-order valence-corrected chi connectivity index (χ2v) is 8.25. The predicted octanol–water partition coefficient (Wildman–Crippen LogP) is 5.35. The van der Waals surface area contributed by atoms with Gasteiger partial charge < -0.3 is 9.42 Å². The highest BCUT2D eigenvalue weighted by Gasteiger charge is 2.20. The van der Waals surface area contributed by atoms with Crippen molar-refractivity contribution in [2.24, 2.45) is 5.92 Å². The number of nitrogens with zero attached hydrogens (tertiary/aromatic N) is 3. The Morgan fingerprint density at radius 3 is 2.68 bits per heavy atom. The molecule has 4 aromatic rings. The summed E-state index contributed by atoms with van der Waals surface area (Å²) in [4.78, 5) is 19.3. The summed E-state index contributed by atoms with van der Waals surface area (Å²) in [6.07, 6.45) is 1.62. The maximum atomic E-state index is 12.6. The number of benzene rings is 2. The van der Waals surface area contributed by atoms with E-state index in [0.29, 0.717) is 33.6 Å². The molecule has 2 aromatic heterocycles. The summed E-state index contributed by atoms with van der Waals surface area (Å²) in [6.45, 7) is 4.89. The zero-order valence-electron chi connectivity index (χ0n) is 16.0. The average Bonchev–Trinajstić information content (AvgIpc) is 3.34. The van der Waals surface area contributed by atoms with Gasteiger partial charge in [0.25, 0.3) is 5.91 Å². The molecule has 0 spiro atoms. The minimum atomic E-state index is -0.0170. The third-order valence-electron chi connectivity index (χ3n) is 4.48. The van der Waals surface area contributed by atoms with Gasteiger partial charge >= 0.3 is 0 Å². The van der Waals surface area contributed by atoms with Gasteiger partial charge in [0.15, 0.2) is 5.58 Å². The monoisotopic (exact) mass is 391 g/mol. The van der Waals surface area contributed by atoms with E-state index in [4.69, 9.17) is 4.52 Å². The Morgan fingerprint density at radius 1 is 1.14 bits per heavy atom. The number of hydrogen-bond donors (Lipinski definition) is 0. The molecule has 0 aliphatic heterocycles. The number of fused-ring (bicyclic) bond motifs is 1. The highest BCUT2D eigenvalue weighted by atomic mass is 32.1. The van der Waals surface area contributed by atoms with Gasteiger partial charge in [0.05, 0.1) is 11.6 Å². The highest BCUT2D eigenvalue weighted by molar-refractivity contribution is 7.17. The number of thiazole rings is 1. The van der Waals surface area contributed by atoms with E-state index in [1.165, 1.54) is 11.3 Å². The molecule has 0 atom stereocenters. The van der Waals surface area contributed by atoms with Gasteiger partial charge in [0, 0.05) is 13.6 Å². The third-order valence-corrected chi connectivity index (χ3v) is 5.48. The van der Waals surface area contributed by atoms with Gasteiger partial charge in [0.1, 0.15) is 15.6 Å². The molecule has 0 aliphatic carbocycles. The summed E-state index contributed by atoms with van der Waals surface area (Å²) in [6, 6.07) is 16.2. The van der Waals surface area contributed by atoms with Crippen molar-refractivity contribution in [3.63, 3.8) is 0 Å². The minimum Gasteiger partial charge on any atom is -0.356 e. The summed E-state index contributed by atoms with van der Waals surface area (Å²) in [7, 11) is 1.82. The summed E-state index contributed by atoms with van der Waals surface area (Å²) >= 11 is 1.34. The quantitative estimate of drug-likeness (QED) is 0.460. The number of carbonyl (C=O) groups is 1. The van der Waals surface area contributed by atoms with Gasteiger partial charge in [0.2, 0.25) is 0 Å². The van der Waals surface area contributed by atoms with Crippen LogP contribution in [0.2, 0.25) is 0 Å². The average molecular weight is 391 g/mol. The van der Waals surface area contributed by atoms with Gasteiger partial charge in [-0.15, -0.1) is 11.3 Å². The standard InChI is InChI=1S/C22H21N3O2S/c1-14(2)13-25(3)22(26)19-12-23-21(28-19)20-17-10-9-16(11-18(17)27-24-20)15-7-5-4-6-8-15/h4-12,14H,13H2,1-3H3. The SMILES string of the molecule is CC(C)CN(C)C(=O)c1cnc(-c2noc3cc(-c4ccccc4)ccc23)s1. The second-order valence-electron chi connectivity index (χ2n) is 7.22. The Labute approximate surface area is 167 Å². The van der Waals surface area contributed by atoms with E-state index in [0.717, 1.165) is 16.5 Å². The fourth-order valence-electron chi connectivity index (χ4n) is 3.20. The minimum absolute atomic E-state index is 0.0170. The molecule has 0 aliphatic rings. The molecular weight excluding hydrogens is 370 g/mol. The molecule has 0 N–H and O–H groups in total. The first kappa shape index (κ1) is 18.4. The Balaban J connectivity index is 1.64. The van der Waals surface area contributed by atoms with Crippen molar-refractivity contribution in [1.82, 2.24) is 15.0 Å². The lowest BCUT2D eigenvalue weighted by atomic mass is 10.0. The Bertz CT molecular complexity index is 1120. The molecule has 4 rings (SSSR count). The zero-order valence-corrected chi connectivity index (χ0v) is 16.9. The summed E-state index contributed by atoms with van der Waals surface area (Å²) in [5, 5.41) is 5.79. The molecule has 0 unspecified atom stereocenters. The molecule has 142 valence electrons. The van der Waals surface area contributed by atoms with Gasteiger partial charge in [-0.1, -0.05) is 55.4 Å². The Kier molecular flexibility index (Phi) is 4.96. The molecule has 0 bridgehead atoms. The van der Waals surface area contributed by atoms with Crippen LogP contribution in [0.15, 0.2) is 59.3 Å². The molecule has 5 nitrogen and oxygen atoms in total. The van der Waals surface area contributed by atoms with Crippen LogP contribution in [-0.2, 0) is 0 Å². The van der Waals surface area contributed by atoms with Crippen molar-refractivity contribution in [2.45, 2.75) is 13.8 Å². The first-order valence-electron chi connectivity index (χ1n) is 9.19. The van der Waals surface area contributed by atoms with Crippen molar-refractivity contribution in [1.29, 1.82) is 0 Å². The van der Waals surface area contributed by atoms with Crippen LogP contribution in [0.5, 0.6) is 0 Å². The van der Waals surface area contributed by atoms with E-state index >= 15 is 0 Å². The first-order valence-corrected chi connectivity index (χ1v) is 10.0. The maximum absolute atomic E-state index is 12.6. The lowest BCUT2D eigenvalue weighted by Gasteiger charge is -2.18. The lowest BCUT2D eigenvalue weighted by molar-refractivity contribution is 0.0783. The zero-order chi connectivity index (χ0) is 19.7. The van der Waals surface area contributed by atoms with Gasteiger partial charge in [-0.25, -0.2) is 4.98 Å². The van der Waals surface area contributed by atoms with Crippen LogP contribution in [0.3, 0.4) is 0 Å². The van der Waals surface area contributed by atoms with Gasteiger partial charge in [-0.05, 0) is 29.2 Å². The van der Waals surface area contributed by atoms with E-state index in [1.807, 2.05) is 37.4 Å². The molecule has 2 aromatic carbocycles. The largest absolute Gasteiger partial charge is 0.356 e. The topological polar surface area (TPSA) is 59.2 Å². The van der Waals surface area contributed by atoms with Gasteiger partial charge in [-0.2, -0.15) is 0 Å². The third kappa shape index (κ3) is 3.55. The molecule has 0 fully saturated rings. The van der Waals surface area contributed by atoms with Crippen LogP contribution < -0.4 is 0 Å². The van der Waals surface area contributed by atoms with E-state index in [-0.39, 0.29) is 5.91 Å². The van der Waals surface area contributed by atoms with Crippen LogP contribution >= 0.6 is 11.3 Å². The first-order chi connectivity index (χ1) is 13.5. The number of rotatable bonds is 5. The Morgan fingerprint density at radius 2 is 1.93 bits per heavy atom.